The fourth-order valence-corrected chi connectivity index (χ4v) is 8.71. The molecule has 0 aromatic heterocycles. The maximum Gasteiger partial charge on any atom is 0.305 e. The second-order valence-corrected chi connectivity index (χ2v) is 11.5. The molecule has 0 heterocycles. The van der Waals surface area contributed by atoms with E-state index in [1.807, 2.05) is 0 Å². The minimum absolute atomic E-state index is 0.0539. The molecule has 0 bridgehead atoms. The fraction of sp³-hybridized carbons (Fsp3) is 0.960. The van der Waals surface area contributed by atoms with E-state index in [-0.39, 0.29) is 5.97 Å². The Morgan fingerprint density at radius 1 is 1.04 bits per heavy atom. The largest absolute Gasteiger partial charge is 0.469 e. The number of fused-ring (bicyclic) bond motifs is 5. The third-order valence-electron chi connectivity index (χ3n) is 10.0. The summed E-state index contributed by atoms with van der Waals surface area (Å²) in [6.45, 7) is 7.04. The highest BCUT2D eigenvalue weighted by molar-refractivity contribution is 5.69. The van der Waals surface area contributed by atoms with E-state index in [9.17, 15) is 9.90 Å². The van der Waals surface area contributed by atoms with E-state index in [0.29, 0.717) is 17.8 Å². The summed E-state index contributed by atoms with van der Waals surface area (Å²) in [5.74, 6) is 5.70. The minimum atomic E-state index is -0.412. The first kappa shape index (κ1) is 20.7. The van der Waals surface area contributed by atoms with Gasteiger partial charge >= 0.3 is 5.97 Å². The van der Waals surface area contributed by atoms with Gasteiger partial charge < -0.3 is 9.84 Å². The van der Waals surface area contributed by atoms with E-state index >= 15 is 0 Å². The van der Waals surface area contributed by atoms with Gasteiger partial charge in [0.15, 0.2) is 0 Å². The number of aliphatic hydroxyl groups is 1. The SMILES string of the molecule is COC(=O)CC[C@@H](C)[C@H]1CC[C@H]2[C@@H]3CC[C@H]4C[C@@](C)(O)CC[C@@H]4[C@H]3CC[C@]12C. The summed E-state index contributed by atoms with van der Waals surface area (Å²) in [7, 11) is 1.50. The molecule has 28 heavy (non-hydrogen) atoms. The molecule has 0 amide bonds. The van der Waals surface area contributed by atoms with Crippen LogP contribution in [0, 0.1) is 46.8 Å². The topological polar surface area (TPSA) is 46.5 Å². The molecule has 0 aromatic rings. The molecule has 3 nitrogen and oxygen atoms in total. The maximum absolute atomic E-state index is 11.6. The van der Waals surface area contributed by atoms with Crippen LogP contribution in [0.5, 0.6) is 0 Å². The van der Waals surface area contributed by atoms with Gasteiger partial charge in [0.25, 0.3) is 0 Å². The van der Waals surface area contributed by atoms with Gasteiger partial charge in [0, 0.05) is 6.42 Å². The summed E-state index contributed by atoms with van der Waals surface area (Å²) in [5, 5.41) is 10.6. The van der Waals surface area contributed by atoms with Crippen molar-refractivity contribution in [3.05, 3.63) is 0 Å². The Balaban J connectivity index is 1.44. The van der Waals surface area contributed by atoms with E-state index in [2.05, 4.69) is 20.8 Å². The average Bonchev–Trinajstić information content (AvgIpc) is 3.01. The number of methoxy groups -OCH3 is 1. The Labute approximate surface area is 172 Å². The van der Waals surface area contributed by atoms with E-state index in [4.69, 9.17) is 4.74 Å². The van der Waals surface area contributed by atoms with Crippen molar-refractivity contribution in [2.75, 3.05) is 7.11 Å². The predicted molar refractivity (Wildman–Crippen MR) is 112 cm³/mol. The molecule has 1 N–H and O–H groups in total. The van der Waals surface area contributed by atoms with Crippen LogP contribution >= 0.6 is 0 Å². The summed E-state index contributed by atoms with van der Waals surface area (Å²) in [6, 6.07) is 0. The van der Waals surface area contributed by atoms with E-state index in [1.54, 1.807) is 0 Å². The first-order chi connectivity index (χ1) is 13.2. The number of hydrogen-bond acceptors (Lipinski definition) is 3. The molecule has 0 saturated heterocycles. The molecule has 3 heteroatoms. The van der Waals surface area contributed by atoms with Crippen molar-refractivity contribution in [1.29, 1.82) is 0 Å². The van der Waals surface area contributed by atoms with Crippen molar-refractivity contribution in [3.8, 4) is 0 Å². The number of carbonyl (C=O) groups excluding carboxylic acids is 1. The van der Waals surface area contributed by atoms with Crippen LogP contribution in [0.25, 0.3) is 0 Å². The third-order valence-corrected chi connectivity index (χ3v) is 10.0. The molecule has 0 aromatic carbocycles. The van der Waals surface area contributed by atoms with Gasteiger partial charge in [-0.05, 0) is 118 Å². The summed E-state index contributed by atoms with van der Waals surface area (Å²) < 4.78 is 4.87. The van der Waals surface area contributed by atoms with Gasteiger partial charge in [0.05, 0.1) is 12.7 Å². The van der Waals surface area contributed by atoms with Crippen LogP contribution in [-0.4, -0.2) is 23.8 Å². The van der Waals surface area contributed by atoms with Gasteiger partial charge in [0.2, 0.25) is 0 Å². The van der Waals surface area contributed by atoms with Crippen LogP contribution in [0.3, 0.4) is 0 Å². The second-order valence-electron chi connectivity index (χ2n) is 11.5. The Morgan fingerprint density at radius 2 is 1.79 bits per heavy atom. The molecule has 0 unspecified atom stereocenters. The molecule has 0 aliphatic heterocycles. The number of hydrogen-bond donors (Lipinski definition) is 1. The van der Waals surface area contributed by atoms with Crippen molar-refractivity contribution in [1.82, 2.24) is 0 Å². The summed E-state index contributed by atoms with van der Waals surface area (Å²) in [4.78, 5) is 11.6. The van der Waals surface area contributed by atoms with E-state index in [1.165, 1.54) is 52.1 Å². The maximum atomic E-state index is 11.6. The lowest BCUT2D eigenvalue weighted by Crippen LogP contribution is -2.50. The second kappa shape index (κ2) is 7.60. The monoisotopic (exact) mass is 390 g/mol. The Hall–Kier alpha value is -0.570. The zero-order valence-corrected chi connectivity index (χ0v) is 18.6. The van der Waals surface area contributed by atoms with Crippen molar-refractivity contribution >= 4 is 5.97 Å². The third kappa shape index (κ3) is 3.55. The number of esters is 1. The average molecular weight is 391 g/mol. The Bertz CT molecular complexity index is 584. The molecule has 160 valence electrons. The van der Waals surface area contributed by atoms with Gasteiger partial charge in [-0.2, -0.15) is 0 Å². The molecule has 4 fully saturated rings. The highest BCUT2D eigenvalue weighted by Crippen LogP contribution is 2.65. The lowest BCUT2D eigenvalue weighted by molar-refractivity contribution is -0.141. The van der Waals surface area contributed by atoms with Gasteiger partial charge in [-0.3, -0.25) is 4.79 Å². The predicted octanol–water partition coefficient (Wildman–Crippen LogP) is 5.60. The smallest absolute Gasteiger partial charge is 0.305 e. The van der Waals surface area contributed by atoms with Gasteiger partial charge in [-0.25, -0.2) is 0 Å². The molecule has 9 atom stereocenters. The van der Waals surface area contributed by atoms with Crippen molar-refractivity contribution in [2.45, 2.75) is 97.0 Å². The number of rotatable bonds is 4. The van der Waals surface area contributed by atoms with Crippen LogP contribution in [0.2, 0.25) is 0 Å². The van der Waals surface area contributed by atoms with Crippen LogP contribution in [0.4, 0.5) is 0 Å². The van der Waals surface area contributed by atoms with Crippen LogP contribution in [-0.2, 0) is 9.53 Å². The van der Waals surface area contributed by atoms with E-state index < -0.39 is 5.60 Å². The molecule has 0 spiro atoms. The lowest BCUT2D eigenvalue weighted by atomic mass is 9.48. The Kier molecular flexibility index (Phi) is 5.61. The van der Waals surface area contributed by atoms with Crippen molar-refractivity contribution in [2.24, 2.45) is 46.8 Å². The normalized spacial score (nSPS) is 48.9. The van der Waals surface area contributed by atoms with Crippen LogP contribution < -0.4 is 0 Å². The van der Waals surface area contributed by atoms with Crippen LogP contribution in [0.1, 0.15) is 91.4 Å². The fourth-order valence-electron chi connectivity index (χ4n) is 8.71. The van der Waals surface area contributed by atoms with Crippen molar-refractivity contribution < 1.29 is 14.6 Å². The van der Waals surface area contributed by atoms with Gasteiger partial charge in [-0.1, -0.05) is 13.8 Å². The Morgan fingerprint density at radius 3 is 2.54 bits per heavy atom. The highest BCUT2D eigenvalue weighted by atomic mass is 16.5. The quantitative estimate of drug-likeness (QED) is 0.636. The zero-order valence-electron chi connectivity index (χ0n) is 18.6. The summed E-state index contributed by atoms with van der Waals surface area (Å²) >= 11 is 0. The van der Waals surface area contributed by atoms with Gasteiger partial charge in [-0.15, -0.1) is 0 Å². The number of carbonyl (C=O) groups is 1. The molecule has 4 aliphatic carbocycles. The molecule has 4 rings (SSSR count). The molecule has 0 radical (unpaired) electrons. The molecular formula is C25H42O3. The first-order valence-corrected chi connectivity index (χ1v) is 12.0. The highest BCUT2D eigenvalue weighted by Gasteiger charge is 2.58. The van der Waals surface area contributed by atoms with E-state index in [0.717, 1.165) is 54.8 Å². The molecule has 4 aliphatic rings. The molecular weight excluding hydrogens is 348 g/mol. The van der Waals surface area contributed by atoms with Crippen LogP contribution in [0.15, 0.2) is 0 Å². The summed E-state index contributed by atoms with van der Waals surface area (Å²) in [5.41, 5.74) is 0.0639. The first-order valence-electron chi connectivity index (χ1n) is 12.0. The minimum Gasteiger partial charge on any atom is -0.469 e. The zero-order chi connectivity index (χ0) is 20.1. The molecule has 4 saturated carbocycles. The van der Waals surface area contributed by atoms with Crippen molar-refractivity contribution in [3.63, 3.8) is 0 Å². The lowest BCUT2D eigenvalue weighted by Gasteiger charge is -2.57. The van der Waals surface area contributed by atoms with Gasteiger partial charge in [0.1, 0.15) is 0 Å². The summed E-state index contributed by atoms with van der Waals surface area (Å²) in [6.07, 6.45) is 13.1. The number of ether oxygens (including phenoxy) is 1. The standard InChI is InChI=1S/C25H42O3/c1-16(5-10-23(26)28-4)21-8-9-22-20-7-6-17-15-24(2,27)13-11-18(17)19(20)12-14-25(21,22)3/h16-22,27H,5-15H2,1-4H3/t16-,17+,18+,19-,20-,21-,22+,24+,25-/m1/s1.